The first kappa shape index (κ1) is 14.1. The average Bonchev–Trinajstić information content (AvgIpc) is 2.39. The standard InChI is InChI=1S/C15H13BrClNO/c1-10-2-7-13(14(16)8-10)15(19)18-12-5-3-11(9-17)4-6-12/h2-8H,9H2,1H3,(H,18,19). The molecule has 98 valence electrons. The van der Waals surface area contributed by atoms with E-state index >= 15 is 0 Å². The topological polar surface area (TPSA) is 29.1 Å². The van der Waals surface area contributed by atoms with Crippen LogP contribution in [-0.2, 0) is 5.88 Å². The van der Waals surface area contributed by atoms with Crippen molar-refractivity contribution in [2.45, 2.75) is 12.8 Å². The van der Waals surface area contributed by atoms with E-state index in [0.717, 1.165) is 21.3 Å². The van der Waals surface area contributed by atoms with E-state index < -0.39 is 0 Å². The van der Waals surface area contributed by atoms with E-state index in [1.807, 2.05) is 49.4 Å². The smallest absolute Gasteiger partial charge is 0.256 e. The van der Waals surface area contributed by atoms with Crippen LogP contribution in [-0.4, -0.2) is 5.91 Å². The number of hydrogen-bond donors (Lipinski definition) is 1. The van der Waals surface area contributed by atoms with Crippen LogP contribution in [0.5, 0.6) is 0 Å². The maximum Gasteiger partial charge on any atom is 0.256 e. The average molecular weight is 339 g/mol. The molecule has 0 spiro atoms. The van der Waals surface area contributed by atoms with Crippen molar-refractivity contribution in [1.82, 2.24) is 0 Å². The van der Waals surface area contributed by atoms with Gasteiger partial charge in [0.05, 0.1) is 5.56 Å². The van der Waals surface area contributed by atoms with Gasteiger partial charge < -0.3 is 5.32 Å². The summed E-state index contributed by atoms with van der Waals surface area (Å²) in [5.41, 5.74) is 3.50. The zero-order valence-electron chi connectivity index (χ0n) is 10.4. The molecule has 0 radical (unpaired) electrons. The van der Waals surface area contributed by atoms with Crippen LogP contribution in [0.25, 0.3) is 0 Å². The Kier molecular flexibility index (Phi) is 4.61. The summed E-state index contributed by atoms with van der Waals surface area (Å²) in [7, 11) is 0. The van der Waals surface area contributed by atoms with Gasteiger partial charge in [-0.15, -0.1) is 11.6 Å². The van der Waals surface area contributed by atoms with Gasteiger partial charge in [-0.05, 0) is 58.2 Å². The van der Waals surface area contributed by atoms with Gasteiger partial charge in [0.25, 0.3) is 5.91 Å². The molecule has 0 aliphatic rings. The van der Waals surface area contributed by atoms with Crippen LogP contribution in [0.1, 0.15) is 21.5 Å². The van der Waals surface area contributed by atoms with Crippen LogP contribution in [0.4, 0.5) is 5.69 Å². The molecule has 1 amide bonds. The van der Waals surface area contributed by atoms with Crippen molar-refractivity contribution >= 4 is 39.1 Å². The fourth-order valence-corrected chi connectivity index (χ4v) is 2.53. The molecule has 0 saturated carbocycles. The minimum Gasteiger partial charge on any atom is -0.322 e. The van der Waals surface area contributed by atoms with Crippen LogP contribution < -0.4 is 5.32 Å². The molecule has 0 heterocycles. The van der Waals surface area contributed by atoms with E-state index in [-0.39, 0.29) is 5.91 Å². The second-order valence-corrected chi connectivity index (χ2v) is 5.39. The Morgan fingerprint density at radius 2 is 1.89 bits per heavy atom. The Morgan fingerprint density at radius 3 is 2.47 bits per heavy atom. The molecule has 2 aromatic carbocycles. The molecular weight excluding hydrogens is 326 g/mol. The molecule has 2 rings (SSSR count). The minimum absolute atomic E-state index is 0.134. The van der Waals surface area contributed by atoms with E-state index in [2.05, 4.69) is 21.2 Å². The third kappa shape index (κ3) is 3.58. The molecule has 0 saturated heterocycles. The SMILES string of the molecule is Cc1ccc(C(=O)Nc2ccc(CCl)cc2)c(Br)c1. The van der Waals surface area contributed by atoms with Crippen molar-refractivity contribution in [3.63, 3.8) is 0 Å². The molecule has 0 aliphatic carbocycles. The van der Waals surface area contributed by atoms with Gasteiger partial charge in [-0.3, -0.25) is 4.79 Å². The Labute approximate surface area is 125 Å². The number of aryl methyl sites for hydroxylation is 1. The maximum absolute atomic E-state index is 12.1. The zero-order valence-corrected chi connectivity index (χ0v) is 12.8. The molecule has 2 aromatic rings. The van der Waals surface area contributed by atoms with E-state index in [4.69, 9.17) is 11.6 Å². The first-order chi connectivity index (χ1) is 9.10. The number of halogens is 2. The number of amides is 1. The number of anilines is 1. The number of alkyl halides is 1. The predicted octanol–water partition coefficient (Wildman–Crippen LogP) is 4.75. The third-order valence-electron chi connectivity index (χ3n) is 2.74. The number of benzene rings is 2. The highest BCUT2D eigenvalue weighted by molar-refractivity contribution is 9.10. The second-order valence-electron chi connectivity index (χ2n) is 4.27. The fourth-order valence-electron chi connectivity index (χ4n) is 1.68. The number of nitrogens with one attached hydrogen (secondary N) is 1. The van der Waals surface area contributed by atoms with Gasteiger partial charge in [0.2, 0.25) is 0 Å². The lowest BCUT2D eigenvalue weighted by Crippen LogP contribution is -2.12. The first-order valence-electron chi connectivity index (χ1n) is 5.82. The third-order valence-corrected chi connectivity index (χ3v) is 3.70. The van der Waals surface area contributed by atoms with Crippen LogP contribution in [0, 0.1) is 6.92 Å². The Morgan fingerprint density at radius 1 is 1.21 bits per heavy atom. The largest absolute Gasteiger partial charge is 0.322 e. The monoisotopic (exact) mass is 337 g/mol. The summed E-state index contributed by atoms with van der Waals surface area (Å²) in [5, 5.41) is 2.86. The van der Waals surface area contributed by atoms with Crippen molar-refractivity contribution in [2.24, 2.45) is 0 Å². The van der Waals surface area contributed by atoms with Gasteiger partial charge in [-0.2, -0.15) is 0 Å². The lowest BCUT2D eigenvalue weighted by Gasteiger charge is -2.08. The van der Waals surface area contributed by atoms with Gasteiger partial charge in [0, 0.05) is 16.0 Å². The molecule has 4 heteroatoms. The number of hydrogen-bond acceptors (Lipinski definition) is 1. The maximum atomic E-state index is 12.1. The molecule has 19 heavy (non-hydrogen) atoms. The fraction of sp³-hybridized carbons (Fsp3) is 0.133. The molecule has 0 unspecified atom stereocenters. The highest BCUT2D eigenvalue weighted by Gasteiger charge is 2.10. The summed E-state index contributed by atoms with van der Waals surface area (Å²) in [6.07, 6.45) is 0. The van der Waals surface area contributed by atoms with Gasteiger partial charge in [0.15, 0.2) is 0 Å². The summed E-state index contributed by atoms with van der Waals surface area (Å²) in [6, 6.07) is 13.1. The normalized spacial score (nSPS) is 10.3. The lowest BCUT2D eigenvalue weighted by atomic mass is 10.1. The minimum atomic E-state index is -0.134. The van der Waals surface area contributed by atoms with E-state index in [1.165, 1.54) is 0 Å². The van der Waals surface area contributed by atoms with Gasteiger partial charge in [-0.25, -0.2) is 0 Å². The van der Waals surface area contributed by atoms with Crippen molar-refractivity contribution in [2.75, 3.05) is 5.32 Å². The molecular formula is C15H13BrClNO. The highest BCUT2D eigenvalue weighted by atomic mass is 79.9. The number of rotatable bonds is 3. The molecule has 0 bridgehead atoms. The zero-order chi connectivity index (χ0) is 13.8. The van der Waals surface area contributed by atoms with E-state index in [1.54, 1.807) is 0 Å². The molecule has 0 fully saturated rings. The van der Waals surface area contributed by atoms with Gasteiger partial charge in [-0.1, -0.05) is 18.2 Å². The summed E-state index contributed by atoms with van der Waals surface area (Å²) in [6.45, 7) is 1.98. The number of carbonyl (C=O) groups excluding carboxylic acids is 1. The summed E-state index contributed by atoms with van der Waals surface area (Å²) < 4.78 is 0.794. The molecule has 0 aromatic heterocycles. The molecule has 0 atom stereocenters. The summed E-state index contributed by atoms with van der Waals surface area (Å²) in [5.74, 6) is 0.336. The lowest BCUT2D eigenvalue weighted by molar-refractivity contribution is 0.102. The number of carbonyl (C=O) groups is 1. The van der Waals surface area contributed by atoms with Crippen molar-refractivity contribution in [3.8, 4) is 0 Å². The van der Waals surface area contributed by atoms with Crippen LogP contribution in [0.2, 0.25) is 0 Å². The van der Waals surface area contributed by atoms with E-state index in [0.29, 0.717) is 11.4 Å². The van der Waals surface area contributed by atoms with Gasteiger partial charge in [0.1, 0.15) is 0 Å². The van der Waals surface area contributed by atoms with Gasteiger partial charge >= 0.3 is 0 Å². The second kappa shape index (κ2) is 6.22. The van der Waals surface area contributed by atoms with Crippen molar-refractivity contribution in [3.05, 3.63) is 63.6 Å². The molecule has 2 nitrogen and oxygen atoms in total. The van der Waals surface area contributed by atoms with Crippen molar-refractivity contribution in [1.29, 1.82) is 0 Å². The quantitative estimate of drug-likeness (QED) is 0.804. The molecule has 0 aliphatic heterocycles. The molecule has 1 N–H and O–H groups in total. The predicted molar refractivity (Wildman–Crippen MR) is 82.8 cm³/mol. The first-order valence-corrected chi connectivity index (χ1v) is 7.15. The Balaban J connectivity index is 2.15. The van der Waals surface area contributed by atoms with Crippen molar-refractivity contribution < 1.29 is 4.79 Å². The Bertz CT molecular complexity index is 596. The highest BCUT2D eigenvalue weighted by Crippen LogP contribution is 2.20. The van der Waals surface area contributed by atoms with Crippen LogP contribution in [0.3, 0.4) is 0 Å². The summed E-state index contributed by atoms with van der Waals surface area (Å²) in [4.78, 5) is 12.1. The van der Waals surface area contributed by atoms with E-state index in [9.17, 15) is 4.79 Å². The Hall–Kier alpha value is -1.32. The van der Waals surface area contributed by atoms with Crippen LogP contribution >= 0.6 is 27.5 Å². The summed E-state index contributed by atoms with van der Waals surface area (Å²) >= 11 is 9.13. The van der Waals surface area contributed by atoms with Crippen LogP contribution in [0.15, 0.2) is 46.9 Å².